The molecule has 1 rings (SSSR count). The SMILES string of the molecule is CC.CSC1CCNCC1=O. The normalized spacial score (nSPS) is 23.9. The average molecular weight is 175 g/mol. The second-order valence-electron chi connectivity index (χ2n) is 2.16. The molecule has 66 valence electrons. The number of thioether (sulfide) groups is 1. The molecule has 1 unspecified atom stereocenters. The van der Waals surface area contributed by atoms with Gasteiger partial charge in [-0.3, -0.25) is 4.79 Å². The highest BCUT2D eigenvalue weighted by Gasteiger charge is 2.19. The van der Waals surface area contributed by atoms with Gasteiger partial charge >= 0.3 is 0 Å². The highest BCUT2D eigenvalue weighted by molar-refractivity contribution is 7.99. The molecule has 0 aromatic heterocycles. The molecule has 1 heterocycles. The van der Waals surface area contributed by atoms with Gasteiger partial charge in [0.15, 0.2) is 5.78 Å². The van der Waals surface area contributed by atoms with Gasteiger partial charge in [-0.25, -0.2) is 0 Å². The smallest absolute Gasteiger partial charge is 0.159 e. The lowest BCUT2D eigenvalue weighted by atomic mass is 10.1. The summed E-state index contributed by atoms with van der Waals surface area (Å²) < 4.78 is 0. The molecule has 0 saturated carbocycles. The number of hydrogen-bond donors (Lipinski definition) is 1. The number of Topliss-reactive ketones (excluding diaryl/α,β-unsaturated/α-hetero) is 1. The van der Waals surface area contributed by atoms with Gasteiger partial charge in [0.25, 0.3) is 0 Å². The quantitative estimate of drug-likeness (QED) is 0.651. The van der Waals surface area contributed by atoms with E-state index in [2.05, 4.69) is 5.32 Å². The first-order valence-corrected chi connectivity index (χ1v) is 5.39. The fourth-order valence-electron chi connectivity index (χ4n) is 0.969. The van der Waals surface area contributed by atoms with E-state index in [1.807, 2.05) is 20.1 Å². The van der Waals surface area contributed by atoms with Crippen LogP contribution in [0, 0.1) is 0 Å². The van der Waals surface area contributed by atoms with E-state index in [-0.39, 0.29) is 5.25 Å². The number of hydrogen-bond acceptors (Lipinski definition) is 3. The molecule has 11 heavy (non-hydrogen) atoms. The van der Waals surface area contributed by atoms with Crippen molar-refractivity contribution < 1.29 is 4.79 Å². The second kappa shape index (κ2) is 6.68. The minimum Gasteiger partial charge on any atom is -0.310 e. The van der Waals surface area contributed by atoms with Gasteiger partial charge < -0.3 is 5.32 Å². The van der Waals surface area contributed by atoms with Crippen LogP contribution in [0.5, 0.6) is 0 Å². The Hall–Kier alpha value is -0.0200. The fourth-order valence-corrected chi connectivity index (χ4v) is 1.67. The highest BCUT2D eigenvalue weighted by atomic mass is 32.2. The van der Waals surface area contributed by atoms with Crippen molar-refractivity contribution >= 4 is 17.5 Å². The zero-order valence-electron chi connectivity index (χ0n) is 7.52. The van der Waals surface area contributed by atoms with Crippen LogP contribution in [-0.2, 0) is 4.79 Å². The summed E-state index contributed by atoms with van der Waals surface area (Å²) in [4.78, 5) is 10.9. The van der Waals surface area contributed by atoms with Crippen LogP contribution in [0.25, 0.3) is 0 Å². The van der Waals surface area contributed by atoms with Crippen LogP contribution in [0.2, 0.25) is 0 Å². The van der Waals surface area contributed by atoms with Crippen LogP contribution in [0.15, 0.2) is 0 Å². The van der Waals surface area contributed by atoms with Crippen molar-refractivity contribution in [1.29, 1.82) is 0 Å². The number of ketones is 1. The van der Waals surface area contributed by atoms with Gasteiger partial charge in [0.2, 0.25) is 0 Å². The van der Waals surface area contributed by atoms with Crippen molar-refractivity contribution in [1.82, 2.24) is 5.32 Å². The molecule has 1 N–H and O–H groups in total. The van der Waals surface area contributed by atoms with Gasteiger partial charge in [0.05, 0.1) is 11.8 Å². The highest BCUT2D eigenvalue weighted by Crippen LogP contribution is 2.13. The number of piperidine rings is 1. The number of nitrogens with one attached hydrogen (secondary N) is 1. The molecule has 0 aliphatic carbocycles. The Kier molecular flexibility index (Phi) is 6.66. The molecule has 3 heteroatoms. The van der Waals surface area contributed by atoms with E-state index >= 15 is 0 Å². The maximum Gasteiger partial charge on any atom is 0.159 e. The van der Waals surface area contributed by atoms with Crippen LogP contribution < -0.4 is 5.32 Å². The zero-order valence-corrected chi connectivity index (χ0v) is 8.33. The predicted molar refractivity (Wildman–Crippen MR) is 51.1 cm³/mol. The Balaban J connectivity index is 0.000000461. The average Bonchev–Trinajstić information content (AvgIpc) is 2.09. The van der Waals surface area contributed by atoms with Crippen LogP contribution in [0.4, 0.5) is 0 Å². The maximum atomic E-state index is 10.9. The van der Waals surface area contributed by atoms with Gasteiger partial charge in [0.1, 0.15) is 0 Å². The molecule has 0 radical (unpaired) electrons. The molecule has 1 atom stereocenters. The van der Waals surface area contributed by atoms with Crippen molar-refractivity contribution in [2.75, 3.05) is 19.3 Å². The monoisotopic (exact) mass is 175 g/mol. The molecule has 1 aliphatic heterocycles. The first kappa shape index (κ1) is 11.0. The summed E-state index contributed by atoms with van der Waals surface area (Å²) in [6.45, 7) is 5.57. The fraction of sp³-hybridized carbons (Fsp3) is 0.875. The Morgan fingerprint density at radius 3 is 2.55 bits per heavy atom. The molecule has 0 bridgehead atoms. The lowest BCUT2D eigenvalue weighted by Crippen LogP contribution is -2.38. The van der Waals surface area contributed by atoms with Crippen LogP contribution in [0.1, 0.15) is 20.3 Å². The summed E-state index contributed by atoms with van der Waals surface area (Å²) in [7, 11) is 0. The van der Waals surface area contributed by atoms with Gasteiger partial charge in [-0.15, -0.1) is 0 Å². The van der Waals surface area contributed by atoms with Crippen molar-refractivity contribution in [2.24, 2.45) is 0 Å². The molecular weight excluding hydrogens is 158 g/mol. The largest absolute Gasteiger partial charge is 0.310 e. The van der Waals surface area contributed by atoms with Crippen molar-refractivity contribution in [2.45, 2.75) is 25.5 Å². The maximum absolute atomic E-state index is 10.9. The third-order valence-corrected chi connectivity index (χ3v) is 2.59. The molecule has 0 aromatic rings. The second-order valence-corrected chi connectivity index (χ2v) is 3.20. The summed E-state index contributed by atoms with van der Waals surface area (Å²) in [5.41, 5.74) is 0. The minimum atomic E-state index is 0.270. The number of carbonyl (C=O) groups is 1. The van der Waals surface area contributed by atoms with Crippen molar-refractivity contribution in [3.63, 3.8) is 0 Å². The van der Waals surface area contributed by atoms with Crippen molar-refractivity contribution in [3.8, 4) is 0 Å². The van der Waals surface area contributed by atoms with E-state index in [0.717, 1.165) is 13.0 Å². The Bertz CT molecular complexity index is 117. The molecule has 2 nitrogen and oxygen atoms in total. The molecule has 0 spiro atoms. The van der Waals surface area contributed by atoms with E-state index < -0.39 is 0 Å². The molecule has 0 amide bonds. The Labute approximate surface area is 73.1 Å². The first-order valence-electron chi connectivity index (χ1n) is 4.11. The number of rotatable bonds is 1. The van der Waals surface area contributed by atoms with E-state index in [0.29, 0.717) is 12.3 Å². The van der Waals surface area contributed by atoms with Crippen molar-refractivity contribution in [3.05, 3.63) is 0 Å². The molecule has 1 aliphatic rings. The third-order valence-electron chi connectivity index (χ3n) is 1.53. The molecule has 1 fully saturated rings. The minimum absolute atomic E-state index is 0.270. The first-order chi connectivity index (χ1) is 5.34. The molecular formula is C8H17NOS. The lowest BCUT2D eigenvalue weighted by molar-refractivity contribution is -0.118. The standard InChI is InChI=1S/C6H11NOS.C2H6/c1-9-6-2-3-7-4-5(6)8;1-2/h6-7H,2-4H2,1H3;1-2H3. The van der Waals surface area contributed by atoms with E-state index in [1.54, 1.807) is 11.8 Å². The summed E-state index contributed by atoms with van der Waals surface area (Å²) in [5, 5.41) is 3.31. The molecule has 1 saturated heterocycles. The Morgan fingerprint density at radius 2 is 2.18 bits per heavy atom. The zero-order chi connectivity index (χ0) is 8.69. The van der Waals surface area contributed by atoms with E-state index in [9.17, 15) is 4.79 Å². The van der Waals surface area contributed by atoms with E-state index in [4.69, 9.17) is 0 Å². The molecule has 0 aromatic carbocycles. The van der Waals surface area contributed by atoms with Gasteiger partial charge in [0, 0.05) is 0 Å². The van der Waals surface area contributed by atoms with Gasteiger partial charge in [-0.1, -0.05) is 13.8 Å². The lowest BCUT2D eigenvalue weighted by Gasteiger charge is -2.18. The third kappa shape index (κ3) is 3.77. The topological polar surface area (TPSA) is 29.1 Å². The van der Waals surface area contributed by atoms with Crippen LogP contribution in [0.3, 0.4) is 0 Å². The van der Waals surface area contributed by atoms with Crippen LogP contribution in [-0.4, -0.2) is 30.4 Å². The summed E-state index contributed by atoms with van der Waals surface area (Å²) >= 11 is 1.66. The summed E-state index contributed by atoms with van der Waals surface area (Å²) in [6, 6.07) is 0. The van der Waals surface area contributed by atoms with E-state index in [1.165, 1.54) is 0 Å². The van der Waals surface area contributed by atoms with Gasteiger partial charge in [-0.2, -0.15) is 11.8 Å². The van der Waals surface area contributed by atoms with Crippen LogP contribution >= 0.6 is 11.8 Å². The predicted octanol–water partition coefficient (Wildman–Crippen LogP) is 1.31. The summed E-state index contributed by atoms with van der Waals surface area (Å²) in [5.74, 6) is 0.355. The Morgan fingerprint density at radius 1 is 1.55 bits per heavy atom. The number of carbonyl (C=O) groups excluding carboxylic acids is 1. The summed E-state index contributed by atoms with van der Waals surface area (Å²) in [6.07, 6.45) is 2.99. The van der Waals surface area contributed by atoms with Gasteiger partial charge in [-0.05, 0) is 19.2 Å².